The maximum absolute atomic E-state index is 11.4. The van der Waals surface area contributed by atoms with Crippen LogP contribution >= 0.6 is 23.2 Å². The van der Waals surface area contributed by atoms with E-state index in [-0.39, 0.29) is 24.2 Å². The van der Waals surface area contributed by atoms with E-state index in [1.165, 1.54) is 6.92 Å². The summed E-state index contributed by atoms with van der Waals surface area (Å²) < 4.78 is 6.40. The number of fused-ring (bicyclic) bond motifs is 1. The van der Waals surface area contributed by atoms with Gasteiger partial charge in [0.05, 0.1) is 12.1 Å². The lowest BCUT2D eigenvalue weighted by Gasteiger charge is -2.30. The van der Waals surface area contributed by atoms with Crippen molar-refractivity contribution in [3.8, 4) is 5.75 Å². The Kier molecular flexibility index (Phi) is 5.52. The van der Waals surface area contributed by atoms with Crippen LogP contribution in [-0.2, 0) is 11.2 Å². The maximum atomic E-state index is 11.4. The van der Waals surface area contributed by atoms with Crippen LogP contribution in [0, 0.1) is 0 Å². The van der Waals surface area contributed by atoms with Gasteiger partial charge in [0, 0.05) is 47.4 Å². The number of carbonyl (C=O) groups excluding carboxylic acids is 1. The summed E-state index contributed by atoms with van der Waals surface area (Å²) in [4.78, 5) is 13.6. The molecule has 7 heteroatoms. The molecule has 4 rings (SSSR count). The highest BCUT2D eigenvalue weighted by Crippen LogP contribution is 2.43. The highest BCUT2D eigenvalue weighted by atomic mass is 35.5. The lowest BCUT2D eigenvalue weighted by Crippen LogP contribution is -2.39. The molecule has 2 N–H and O–H groups in total. The fourth-order valence-electron chi connectivity index (χ4n) is 4.15. The SMILES string of the molecule is CC(=O)Nc1cccc(O[C@H]2c3cc(Cl)cc(Cl)c3C[C@@H]2N2CC[C@@H](O)C2)c1. The van der Waals surface area contributed by atoms with E-state index in [0.29, 0.717) is 28.0 Å². The van der Waals surface area contributed by atoms with Gasteiger partial charge in [0.1, 0.15) is 11.9 Å². The Hall–Kier alpha value is -1.79. The molecule has 1 saturated heterocycles. The molecule has 2 aromatic rings. The molecule has 1 aliphatic carbocycles. The fraction of sp³-hybridized carbons (Fsp3) is 0.381. The first-order valence-electron chi connectivity index (χ1n) is 9.35. The van der Waals surface area contributed by atoms with Crippen molar-refractivity contribution in [2.24, 2.45) is 0 Å². The summed E-state index contributed by atoms with van der Waals surface area (Å²) in [6.45, 7) is 2.91. The molecule has 3 atom stereocenters. The Labute approximate surface area is 174 Å². The largest absolute Gasteiger partial charge is 0.484 e. The van der Waals surface area contributed by atoms with E-state index in [4.69, 9.17) is 27.9 Å². The van der Waals surface area contributed by atoms with Crippen molar-refractivity contribution in [2.75, 3.05) is 18.4 Å². The minimum absolute atomic E-state index is 0.0625. The molecular weight excluding hydrogens is 399 g/mol. The first-order chi connectivity index (χ1) is 13.4. The van der Waals surface area contributed by atoms with E-state index in [2.05, 4.69) is 10.2 Å². The molecule has 28 heavy (non-hydrogen) atoms. The van der Waals surface area contributed by atoms with Gasteiger partial charge in [0.15, 0.2) is 0 Å². The Morgan fingerprint density at radius 1 is 1.29 bits per heavy atom. The third-order valence-corrected chi connectivity index (χ3v) is 5.90. The summed E-state index contributed by atoms with van der Waals surface area (Å²) in [7, 11) is 0. The highest BCUT2D eigenvalue weighted by Gasteiger charge is 2.41. The predicted octanol–water partition coefficient (Wildman–Crippen LogP) is 4.06. The Morgan fingerprint density at radius 3 is 2.82 bits per heavy atom. The van der Waals surface area contributed by atoms with Crippen LogP contribution in [0.3, 0.4) is 0 Å². The molecule has 0 radical (unpaired) electrons. The number of carbonyl (C=O) groups is 1. The molecule has 1 heterocycles. The summed E-state index contributed by atoms with van der Waals surface area (Å²) >= 11 is 12.7. The van der Waals surface area contributed by atoms with Crippen LogP contribution in [0.15, 0.2) is 36.4 Å². The Balaban J connectivity index is 1.66. The monoisotopic (exact) mass is 420 g/mol. The average Bonchev–Trinajstić information content (AvgIpc) is 3.19. The Bertz CT molecular complexity index is 905. The van der Waals surface area contributed by atoms with Gasteiger partial charge in [-0.15, -0.1) is 0 Å². The molecule has 0 spiro atoms. The molecule has 1 amide bonds. The number of nitrogens with zero attached hydrogens (tertiary/aromatic N) is 1. The number of β-amino-alcohol motifs (C(OH)–C–C–N with tert-alkyl or cyclic N) is 1. The van der Waals surface area contributed by atoms with E-state index >= 15 is 0 Å². The minimum atomic E-state index is -0.313. The Morgan fingerprint density at radius 2 is 2.11 bits per heavy atom. The molecule has 2 aliphatic rings. The van der Waals surface area contributed by atoms with Crippen LogP contribution in [0.4, 0.5) is 5.69 Å². The number of aliphatic hydroxyl groups excluding tert-OH is 1. The number of rotatable bonds is 4. The third-order valence-electron chi connectivity index (χ3n) is 5.35. The van der Waals surface area contributed by atoms with Gasteiger partial charge in [0.25, 0.3) is 0 Å². The van der Waals surface area contributed by atoms with Gasteiger partial charge in [-0.1, -0.05) is 29.3 Å². The molecule has 1 fully saturated rings. The smallest absolute Gasteiger partial charge is 0.221 e. The number of hydrogen-bond donors (Lipinski definition) is 2. The summed E-state index contributed by atoms with van der Waals surface area (Å²) in [5.41, 5.74) is 2.70. The third kappa shape index (κ3) is 3.98. The van der Waals surface area contributed by atoms with Crippen molar-refractivity contribution in [3.05, 3.63) is 57.6 Å². The summed E-state index contributed by atoms with van der Waals surface area (Å²) in [5, 5.41) is 14.0. The van der Waals surface area contributed by atoms with Crippen LogP contribution < -0.4 is 10.1 Å². The lowest BCUT2D eigenvalue weighted by molar-refractivity contribution is -0.114. The first kappa shape index (κ1) is 19.5. The molecule has 0 unspecified atom stereocenters. The van der Waals surface area contributed by atoms with Crippen LogP contribution in [0.2, 0.25) is 10.0 Å². The van der Waals surface area contributed by atoms with Gasteiger partial charge in [-0.25, -0.2) is 0 Å². The van der Waals surface area contributed by atoms with Gasteiger partial charge >= 0.3 is 0 Å². The van der Waals surface area contributed by atoms with Crippen molar-refractivity contribution in [3.63, 3.8) is 0 Å². The molecule has 0 aromatic heterocycles. The number of nitrogens with one attached hydrogen (secondary N) is 1. The van der Waals surface area contributed by atoms with Crippen LogP contribution in [0.25, 0.3) is 0 Å². The van der Waals surface area contributed by atoms with Gasteiger partial charge in [-0.2, -0.15) is 0 Å². The van der Waals surface area contributed by atoms with Crippen molar-refractivity contribution in [1.29, 1.82) is 0 Å². The van der Waals surface area contributed by atoms with Gasteiger partial charge in [0.2, 0.25) is 5.91 Å². The number of likely N-dealkylation sites (tertiary alicyclic amines) is 1. The second-order valence-electron chi connectivity index (χ2n) is 7.41. The van der Waals surface area contributed by atoms with E-state index in [0.717, 1.165) is 30.5 Å². The van der Waals surface area contributed by atoms with E-state index in [9.17, 15) is 9.90 Å². The van der Waals surface area contributed by atoms with Gasteiger partial charge < -0.3 is 15.2 Å². The summed E-state index contributed by atoms with van der Waals surface area (Å²) in [6, 6.07) is 11.1. The second-order valence-corrected chi connectivity index (χ2v) is 8.26. The maximum Gasteiger partial charge on any atom is 0.221 e. The second kappa shape index (κ2) is 7.91. The van der Waals surface area contributed by atoms with E-state index in [1.807, 2.05) is 24.3 Å². The lowest BCUT2D eigenvalue weighted by atomic mass is 10.1. The number of aliphatic hydroxyl groups is 1. The van der Waals surface area contributed by atoms with E-state index in [1.54, 1.807) is 12.1 Å². The summed E-state index contributed by atoms with van der Waals surface area (Å²) in [5.74, 6) is 0.524. The molecule has 0 bridgehead atoms. The number of amides is 1. The standard InChI is InChI=1S/C21H22Cl2N2O3/c1-12(26)24-14-3-2-4-16(9-14)28-21-18-7-13(22)8-19(23)17(18)10-20(21)25-6-5-15(27)11-25/h2-4,7-9,15,20-21,27H,5-6,10-11H2,1H3,(H,24,26)/t15-,20+,21+/m1/s1. The normalized spacial score (nSPS) is 24.2. The average molecular weight is 421 g/mol. The predicted molar refractivity (Wildman–Crippen MR) is 110 cm³/mol. The number of benzene rings is 2. The van der Waals surface area contributed by atoms with Crippen LogP contribution in [0.1, 0.15) is 30.6 Å². The minimum Gasteiger partial charge on any atom is -0.484 e. The number of hydrogen-bond acceptors (Lipinski definition) is 4. The quantitative estimate of drug-likeness (QED) is 0.782. The zero-order chi connectivity index (χ0) is 19.8. The topological polar surface area (TPSA) is 61.8 Å². The van der Waals surface area contributed by atoms with Crippen LogP contribution in [0.5, 0.6) is 5.75 Å². The van der Waals surface area contributed by atoms with Crippen LogP contribution in [-0.4, -0.2) is 41.1 Å². The highest BCUT2D eigenvalue weighted by molar-refractivity contribution is 6.35. The van der Waals surface area contributed by atoms with Gasteiger partial charge in [-0.05, 0) is 42.7 Å². The van der Waals surface area contributed by atoms with Gasteiger partial charge in [-0.3, -0.25) is 9.69 Å². The van der Waals surface area contributed by atoms with Crippen molar-refractivity contribution in [2.45, 2.75) is 38.0 Å². The zero-order valence-electron chi connectivity index (χ0n) is 15.5. The van der Waals surface area contributed by atoms with Crippen molar-refractivity contribution >= 4 is 34.8 Å². The van der Waals surface area contributed by atoms with Crippen molar-refractivity contribution < 1.29 is 14.6 Å². The molecular formula is C21H22Cl2N2O3. The molecule has 1 aliphatic heterocycles. The molecule has 0 saturated carbocycles. The number of halogens is 2. The molecule has 5 nitrogen and oxygen atoms in total. The summed E-state index contributed by atoms with van der Waals surface area (Å²) in [6.07, 6.45) is 0.927. The molecule has 2 aromatic carbocycles. The van der Waals surface area contributed by atoms with E-state index < -0.39 is 0 Å². The first-order valence-corrected chi connectivity index (χ1v) is 10.1. The fourth-order valence-corrected chi connectivity index (χ4v) is 4.73. The number of anilines is 1. The number of ether oxygens (including phenoxy) is 1. The van der Waals surface area contributed by atoms with Crippen molar-refractivity contribution in [1.82, 2.24) is 4.90 Å². The zero-order valence-corrected chi connectivity index (χ0v) is 17.0. The molecule has 148 valence electrons.